The second-order valence-corrected chi connectivity index (χ2v) is 8.48. The number of halogens is 6. The molecule has 0 aromatic carbocycles. The number of sulfone groups is 1. The molecule has 0 unspecified atom stereocenters. The Kier molecular flexibility index (Phi) is 4.96. The Hall–Kier alpha value is -2.90. The maximum absolute atomic E-state index is 13.0. The van der Waals surface area contributed by atoms with Gasteiger partial charge < -0.3 is 4.57 Å². The molecular weight excluding hydrogens is 442 g/mol. The summed E-state index contributed by atoms with van der Waals surface area (Å²) in [5, 5.41) is 9.62. The van der Waals surface area contributed by atoms with Crippen LogP contribution in [0.4, 0.5) is 26.3 Å². The number of fused-ring (bicyclic) bond motifs is 1. The van der Waals surface area contributed by atoms with E-state index in [2.05, 4.69) is 9.97 Å². The van der Waals surface area contributed by atoms with Gasteiger partial charge in [-0.25, -0.2) is 13.4 Å². The van der Waals surface area contributed by atoms with Crippen LogP contribution in [0.5, 0.6) is 0 Å². The van der Waals surface area contributed by atoms with E-state index in [0.29, 0.717) is 24.5 Å². The van der Waals surface area contributed by atoms with E-state index in [9.17, 15) is 40.0 Å². The SMILES string of the molecule is CCS(=O)(=O)c1cc(C(F)(F)F)cnc1-c1nc2cc(C(F)(F)F)[n+](O)cc2n1C. The van der Waals surface area contributed by atoms with Crippen LogP contribution in [0.15, 0.2) is 29.4 Å². The maximum atomic E-state index is 13.0. The van der Waals surface area contributed by atoms with Crippen LogP contribution >= 0.6 is 0 Å². The molecule has 0 atom stereocenters. The summed E-state index contributed by atoms with van der Waals surface area (Å²) in [6.07, 6.45) is -8.66. The Morgan fingerprint density at radius 3 is 2.30 bits per heavy atom. The van der Waals surface area contributed by atoms with Gasteiger partial charge in [-0.2, -0.15) is 26.3 Å². The van der Waals surface area contributed by atoms with E-state index in [1.54, 1.807) is 0 Å². The standard InChI is InChI=1S/C16H13F6N4O3S/c1-3-30(28,29)11-4-8(15(17,18)19)6-23-13(11)14-24-9-5-12(16(20,21)22)26(27)7-10(9)25(14)2/h4-7,27H,3H2,1-2H3/q+1. The van der Waals surface area contributed by atoms with Gasteiger partial charge in [0.2, 0.25) is 6.20 Å². The summed E-state index contributed by atoms with van der Waals surface area (Å²) in [4.78, 5) is 6.78. The lowest BCUT2D eigenvalue weighted by Crippen LogP contribution is -2.39. The molecule has 30 heavy (non-hydrogen) atoms. The smallest absolute Gasteiger partial charge is 0.321 e. The molecule has 0 saturated carbocycles. The summed E-state index contributed by atoms with van der Waals surface area (Å²) in [6.45, 7) is 1.22. The quantitative estimate of drug-likeness (QED) is 0.373. The van der Waals surface area contributed by atoms with E-state index in [1.165, 1.54) is 14.0 Å². The minimum absolute atomic E-state index is 0.0398. The van der Waals surface area contributed by atoms with Crippen LogP contribution in [0.1, 0.15) is 18.2 Å². The summed E-state index contributed by atoms with van der Waals surface area (Å²) < 4.78 is 104. The highest BCUT2D eigenvalue weighted by atomic mass is 32.2. The predicted molar refractivity (Wildman–Crippen MR) is 89.1 cm³/mol. The first kappa shape index (κ1) is 21.8. The fourth-order valence-electron chi connectivity index (χ4n) is 2.76. The highest BCUT2D eigenvalue weighted by molar-refractivity contribution is 7.91. The van der Waals surface area contributed by atoms with Crippen LogP contribution in [-0.2, 0) is 29.2 Å². The number of nitrogens with zero attached hydrogens (tertiary/aromatic N) is 4. The summed E-state index contributed by atoms with van der Waals surface area (Å²) in [5.74, 6) is -0.827. The highest BCUT2D eigenvalue weighted by Gasteiger charge is 2.43. The summed E-state index contributed by atoms with van der Waals surface area (Å²) in [6, 6.07) is 0.935. The Labute approximate surface area is 165 Å². The van der Waals surface area contributed by atoms with Crippen LogP contribution in [0.3, 0.4) is 0 Å². The molecule has 0 saturated heterocycles. The van der Waals surface area contributed by atoms with E-state index >= 15 is 0 Å². The van der Waals surface area contributed by atoms with Crippen LogP contribution < -0.4 is 4.73 Å². The number of pyridine rings is 2. The third kappa shape index (κ3) is 3.66. The van der Waals surface area contributed by atoms with Gasteiger partial charge in [0.25, 0.3) is 0 Å². The molecular formula is C16H13F6N4O3S+. The van der Waals surface area contributed by atoms with Crippen molar-refractivity contribution in [2.45, 2.75) is 24.2 Å². The molecule has 0 spiro atoms. The first-order valence-corrected chi connectivity index (χ1v) is 9.81. The van der Waals surface area contributed by atoms with Crippen molar-refractivity contribution >= 4 is 20.9 Å². The number of hydrogen-bond donors (Lipinski definition) is 1. The third-order valence-electron chi connectivity index (χ3n) is 4.33. The number of imidazole rings is 1. The monoisotopic (exact) mass is 455 g/mol. The molecule has 3 heterocycles. The lowest BCUT2D eigenvalue weighted by molar-refractivity contribution is -0.914. The van der Waals surface area contributed by atoms with Gasteiger partial charge in [-0.15, -0.1) is 0 Å². The van der Waals surface area contributed by atoms with Gasteiger partial charge in [0, 0.05) is 24.0 Å². The molecule has 0 aliphatic carbocycles. The molecule has 3 aromatic rings. The fourth-order valence-corrected chi connectivity index (χ4v) is 3.81. The van der Waals surface area contributed by atoms with Gasteiger partial charge in [-0.1, -0.05) is 6.92 Å². The zero-order valence-electron chi connectivity index (χ0n) is 15.2. The Morgan fingerprint density at radius 2 is 1.77 bits per heavy atom. The van der Waals surface area contributed by atoms with Crippen molar-refractivity contribution in [3.63, 3.8) is 0 Å². The predicted octanol–water partition coefficient (Wildman–Crippen LogP) is 2.99. The van der Waals surface area contributed by atoms with E-state index < -0.39 is 49.8 Å². The van der Waals surface area contributed by atoms with Gasteiger partial charge in [-0.3, -0.25) is 10.2 Å². The van der Waals surface area contributed by atoms with E-state index in [1.807, 2.05) is 0 Å². The Balaban J connectivity index is 2.34. The Morgan fingerprint density at radius 1 is 1.13 bits per heavy atom. The maximum Gasteiger partial charge on any atom is 0.482 e. The number of aryl methyl sites for hydroxylation is 1. The normalized spacial score (nSPS) is 13.2. The summed E-state index contributed by atoms with van der Waals surface area (Å²) in [5.41, 5.74) is -3.51. The molecule has 0 aliphatic heterocycles. The molecule has 0 fully saturated rings. The van der Waals surface area contributed by atoms with Crippen molar-refractivity contribution in [1.82, 2.24) is 14.5 Å². The fraction of sp³-hybridized carbons (Fsp3) is 0.312. The summed E-state index contributed by atoms with van der Waals surface area (Å²) in [7, 11) is -2.91. The van der Waals surface area contributed by atoms with E-state index in [0.717, 1.165) is 4.57 Å². The first-order chi connectivity index (χ1) is 13.7. The number of rotatable bonds is 3. The number of aromatic nitrogens is 4. The van der Waals surface area contributed by atoms with Crippen molar-refractivity contribution in [2.75, 3.05) is 5.75 Å². The third-order valence-corrected chi connectivity index (χ3v) is 6.07. The van der Waals surface area contributed by atoms with E-state index in [-0.39, 0.29) is 21.6 Å². The molecule has 0 bridgehead atoms. The lowest BCUT2D eigenvalue weighted by atomic mass is 10.2. The van der Waals surface area contributed by atoms with Gasteiger partial charge in [-0.05, 0) is 6.07 Å². The second kappa shape index (κ2) is 6.82. The van der Waals surface area contributed by atoms with Gasteiger partial charge >= 0.3 is 18.0 Å². The minimum Gasteiger partial charge on any atom is -0.321 e. The van der Waals surface area contributed by atoms with Crippen molar-refractivity contribution in [3.05, 3.63) is 35.8 Å². The van der Waals surface area contributed by atoms with Gasteiger partial charge in [0.15, 0.2) is 15.7 Å². The average Bonchev–Trinajstić information content (AvgIpc) is 2.95. The van der Waals surface area contributed by atoms with Crippen LogP contribution in [-0.4, -0.2) is 33.9 Å². The molecule has 0 aliphatic rings. The number of hydrogen-bond acceptors (Lipinski definition) is 5. The molecule has 0 radical (unpaired) electrons. The molecule has 3 rings (SSSR count). The number of alkyl halides is 6. The molecule has 0 amide bonds. The minimum atomic E-state index is -4.91. The largest absolute Gasteiger partial charge is 0.482 e. The topological polar surface area (TPSA) is 89.0 Å². The molecule has 7 nitrogen and oxygen atoms in total. The van der Waals surface area contributed by atoms with Crippen molar-refractivity contribution in [3.8, 4) is 11.5 Å². The molecule has 162 valence electrons. The van der Waals surface area contributed by atoms with Gasteiger partial charge in [0.05, 0.1) is 16.2 Å². The van der Waals surface area contributed by atoms with E-state index in [4.69, 9.17) is 0 Å². The zero-order chi connectivity index (χ0) is 22.6. The molecule has 14 heteroatoms. The average molecular weight is 455 g/mol. The van der Waals surface area contributed by atoms with Crippen molar-refractivity contribution < 1.29 is 44.7 Å². The van der Waals surface area contributed by atoms with Gasteiger partial charge in [0.1, 0.15) is 16.7 Å². The molecule has 1 N–H and O–H groups in total. The van der Waals surface area contributed by atoms with Crippen LogP contribution in [0.2, 0.25) is 0 Å². The second-order valence-electron chi connectivity index (χ2n) is 6.24. The first-order valence-electron chi connectivity index (χ1n) is 8.15. The van der Waals surface area contributed by atoms with Crippen molar-refractivity contribution in [1.29, 1.82) is 0 Å². The zero-order valence-corrected chi connectivity index (χ0v) is 16.1. The highest BCUT2D eigenvalue weighted by Crippen LogP contribution is 2.35. The molecule has 3 aromatic heterocycles. The van der Waals surface area contributed by atoms with Crippen LogP contribution in [0.25, 0.3) is 22.6 Å². The van der Waals surface area contributed by atoms with Crippen LogP contribution in [0, 0.1) is 0 Å². The Bertz CT molecular complexity index is 1250. The lowest BCUT2D eigenvalue weighted by Gasteiger charge is -2.12. The van der Waals surface area contributed by atoms with Crippen molar-refractivity contribution in [2.24, 2.45) is 7.05 Å². The summed E-state index contributed by atoms with van der Waals surface area (Å²) >= 11 is 0.